The second-order valence-corrected chi connectivity index (χ2v) is 9.24. The van der Waals surface area contributed by atoms with E-state index in [4.69, 9.17) is 0 Å². The molecule has 1 unspecified atom stereocenters. The maximum atomic E-state index is 12.7. The Bertz CT molecular complexity index is 990. The van der Waals surface area contributed by atoms with Crippen LogP contribution in [-0.2, 0) is 27.5 Å². The van der Waals surface area contributed by atoms with E-state index in [-0.39, 0.29) is 17.3 Å². The Kier molecular flexibility index (Phi) is 7.27. The maximum Gasteiger partial charge on any atom is 0.416 e. The standard InChI is InChI=1S/C20H24F3N3O3S/c1-14(26(4)13-15-8-10-16(11-9-15)20(21,22)23)19(27)24-17-6-5-7-18(12-17)30(28,29)25(2)3/h5-12,14H,13H2,1-4H3,(H,24,27). The van der Waals surface area contributed by atoms with Gasteiger partial charge in [0, 0.05) is 26.3 Å². The van der Waals surface area contributed by atoms with Gasteiger partial charge in [-0.25, -0.2) is 12.7 Å². The van der Waals surface area contributed by atoms with Crippen LogP contribution in [0.2, 0.25) is 0 Å². The lowest BCUT2D eigenvalue weighted by atomic mass is 10.1. The zero-order chi connectivity index (χ0) is 22.7. The number of benzene rings is 2. The van der Waals surface area contributed by atoms with Gasteiger partial charge >= 0.3 is 6.18 Å². The molecule has 0 saturated heterocycles. The topological polar surface area (TPSA) is 69.7 Å². The summed E-state index contributed by atoms with van der Waals surface area (Å²) in [4.78, 5) is 14.3. The zero-order valence-corrected chi connectivity index (χ0v) is 17.9. The second-order valence-electron chi connectivity index (χ2n) is 7.09. The van der Waals surface area contributed by atoms with Crippen LogP contribution in [0.25, 0.3) is 0 Å². The van der Waals surface area contributed by atoms with Crippen molar-refractivity contribution in [1.82, 2.24) is 9.21 Å². The molecule has 0 aliphatic rings. The molecule has 0 aliphatic heterocycles. The van der Waals surface area contributed by atoms with Crippen molar-refractivity contribution in [1.29, 1.82) is 0 Å². The van der Waals surface area contributed by atoms with Gasteiger partial charge in [-0.1, -0.05) is 18.2 Å². The highest BCUT2D eigenvalue weighted by Crippen LogP contribution is 2.29. The van der Waals surface area contributed by atoms with Crippen molar-refractivity contribution < 1.29 is 26.4 Å². The number of sulfonamides is 1. The maximum absolute atomic E-state index is 12.7. The Balaban J connectivity index is 2.05. The molecule has 0 aliphatic carbocycles. The number of likely N-dealkylation sites (N-methyl/N-ethyl adjacent to an activating group) is 1. The van der Waals surface area contributed by atoms with Gasteiger partial charge in [0.25, 0.3) is 0 Å². The molecule has 2 rings (SSSR count). The molecule has 1 N–H and O–H groups in total. The summed E-state index contributed by atoms with van der Waals surface area (Å²) in [6, 6.07) is 10.1. The molecular weight excluding hydrogens is 419 g/mol. The number of hydrogen-bond donors (Lipinski definition) is 1. The molecule has 0 saturated carbocycles. The molecule has 10 heteroatoms. The van der Waals surface area contributed by atoms with Gasteiger partial charge in [0.1, 0.15) is 0 Å². The molecule has 2 aromatic rings. The summed E-state index contributed by atoms with van der Waals surface area (Å²) in [6.07, 6.45) is -4.40. The molecule has 30 heavy (non-hydrogen) atoms. The van der Waals surface area contributed by atoms with Gasteiger partial charge in [0.2, 0.25) is 15.9 Å². The smallest absolute Gasteiger partial charge is 0.325 e. The van der Waals surface area contributed by atoms with E-state index in [2.05, 4.69) is 5.32 Å². The van der Waals surface area contributed by atoms with E-state index in [1.165, 1.54) is 44.4 Å². The number of nitrogens with one attached hydrogen (secondary N) is 1. The summed E-state index contributed by atoms with van der Waals surface area (Å²) < 4.78 is 63.5. The van der Waals surface area contributed by atoms with Crippen molar-refractivity contribution in [2.75, 3.05) is 26.5 Å². The fourth-order valence-electron chi connectivity index (χ4n) is 2.62. The normalized spacial score (nSPS) is 13.5. The first kappa shape index (κ1) is 23.8. The Hall–Kier alpha value is -2.43. The van der Waals surface area contributed by atoms with Gasteiger partial charge in [-0.2, -0.15) is 13.2 Å². The number of alkyl halides is 3. The average molecular weight is 443 g/mol. The predicted molar refractivity (Wildman–Crippen MR) is 108 cm³/mol. The largest absolute Gasteiger partial charge is 0.416 e. The molecule has 0 aromatic heterocycles. The van der Waals surface area contributed by atoms with E-state index in [0.717, 1.165) is 16.4 Å². The summed E-state index contributed by atoms with van der Waals surface area (Å²) in [5.41, 5.74) is 0.231. The third kappa shape index (κ3) is 5.80. The summed E-state index contributed by atoms with van der Waals surface area (Å²) in [7, 11) is 0.872. The van der Waals surface area contributed by atoms with Crippen LogP contribution < -0.4 is 5.32 Å². The van der Waals surface area contributed by atoms with Gasteiger partial charge in [-0.3, -0.25) is 9.69 Å². The first-order valence-electron chi connectivity index (χ1n) is 9.02. The highest BCUT2D eigenvalue weighted by molar-refractivity contribution is 7.89. The van der Waals surface area contributed by atoms with E-state index in [1.807, 2.05) is 0 Å². The number of hydrogen-bond acceptors (Lipinski definition) is 4. The van der Waals surface area contributed by atoms with E-state index >= 15 is 0 Å². The van der Waals surface area contributed by atoms with Gasteiger partial charge in [0.05, 0.1) is 16.5 Å². The van der Waals surface area contributed by atoms with E-state index in [1.54, 1.807) is 24.9 Å². The number of rotatable bonds is 7. The Morgan fingerprint density at radius 3 is 2.20 bits per heavy atom. The van der Waals surface area contributed by atoms with Crippen molar-refractivity contribution in [3.63, 3.8) is 0 Å². The average Bonchev–Trinajstić information content (AvgIpc) is 2.67. The predicted octanol–water partition coefficient (Wildman–Crippen LogP) is 3.41. The lowest BCUT2D eigenvalue weighted by molar-refractivity contribution is -0.137. The van der Waals surface area contributed by atoms with Crippen LogP contribution in [0.15, 0.2) is 53.4 Å². The zero-order valence-electron chi connectivity index (χ0n) is 17.1. The number of carbonyl (C=O) groups is 1. The molecule has 2 aromatic carbocycles. The quantitative estimate of drug-likeness (QED) is 0.712. The van der Waals surface area contributed by atoms with Crippen LogP contribution in [0, 0.1) is 0 Å². The molecule has 6 nitrogen and oxygen atoms in total. The van der Waals surface area contributed by atoms with Crippen LogP contribution in [0.3, 0.4) is 0 Å². The number of carbonyl (C=O) groups excluding carboxylic acids is 1. The molecule has 0 heterocycles. The summed E-state index contributed by atoms with van der Waals surface area (Å²) >= 11 is 0. The number of nitrogens with zero attached hydrogens (tertiary/aromatic N) is 2. The highest BCUT2D eigenvalue weighted by Gasteiger charge is 2.30. The van der Waals surface area contributed by atoms with Crippen molar-refractivity contribution >= 4 is 21.6 Å². The van der Waals surface area contributed by atoms with Gasteiger partial charge in [-0.15, -0.1) is 0 Å². The summed E-state index contributed by atoms with van der Waals surface area (Å²) in [5, 5.41) is 2.68. The van der Waals surface area contributed by atoms with Crippen LogP contribution in [0.5, 0.6) is 0 Å². The van der Waals surface area contributed by atoms with Crippen molar-refractivity contribution in [3.05, 3.63) is 59.7 Å². The molecule has 164 valence electrons. The van der Waals surface area contributed by atoms with Crippen molar-refractivity contribution in [2.45, 2.75) is 30.6 Å². The Labute approximate surface area is 174 Å². The molecule has 1 amide bonds. The van der Waals surface area contributed by atoms with Crippen LogP contribution in [0.4, 0.5) is 18.9 Å². The summed E-state index contributed by atoms with van der Waals surface area (Å²) in [6.45, 7) is 1.92. The van der Waals surface area contributed by atoms with Crippen LogP contribution in [0.1, 0.15) is 18.1 Å². The van der Waals surface area contributed by atoms with Crippen molar-refractivity contribution in [2.24, 2.45) is 0 Å². The lowest BCUT2D eigenvalue weighted by Gasteiger charge is -2.24. The molecule has 0 bridgehead atoms. The minimum atomic E-state index is -4.40. The van der Waals surface area contributed by atoms with E-state index in [9.17, 15) is 26.4 Å². The second kappa shape index (κ2) is 9.15. The molecule has 1 atom stereocenters. The van der Waals surface area contributed by atoms with Gasteiger partial charge < -0.3 is 5.32 Å². The third-order valence-corrected chi connectivity index (χ3v) is 6.45. The molecule has 0 radical (unpaired) electrons. The van der Waals surface area contributed by atoms with Crippen molar-refractivity contribution in [3.8, 4) is 0 Å². The van der Waals surface area contributed by atoms with Gasteiger partial charge in [0.15, 0.2) is 0 Å². The fraction of sp³-hybridized carbons (Fsp3) is 0.350. The molecule has 0 spiro atoms. The van der Waals surface area contributed by atoms with Crippen LogP contribution in [-0.4, -0.2) is 50.7 Å². The van der Waals surface area contributed by atoms with E-state index < -0.39 is 27.8 Å². The Morgan fingerprint density at radius 2 is 1.67 bits per heavy atom. The minimum absolute atomic E-state index is 0.0519. The lowest BCUT2D eigenvalue weighted by Crippen LogP contribution is -2.39. The highest BCUT2D eigenvalue weighted by atomic mass is 32.2. The SMILES string of the molecule is CC(C(=O)Nc1cccc(S(=O)(=O)N(C)C)c1)N(C)Cc1ccc(C(F)(F)F)cc1. The number of anilines is 1. The molecular formula is C20H24F3N3O3S. The monoisotopic (exact) mass is 443 g/mol. The number of amides is 1. The molecule has 0 fully saturated rings. The summed E-state index contributed by atoms with van der Waals surface area (Å²) in [5.74, 6) is -0.371. The van der Waals surface area contributed by atoms with Crippen LogP contribution >= 0.6 is 0 Å². The first-order chi connectivity index (χ1) is 13.8. The first-order valence-corrected chi connectivity index (χ1v) is 10.5. The fourth-order valence-corrected chi connectivity index (χ4v) is 3.56. The third-order valence-electron chi connectivity index (χ3n) is 4.63. The minimum Gasteiger partial charge on any atom is -0.325 e. The van der Waals surface area contributed by atoms with Gasteiger partial charge in [-0.05, 0) is 49.9 Å². The van der Waals surface area contributed by atoms with E-state index in [0.29, 0.717) is 11.3 Å². The Morgan fingerprint density at radius 1 is 1.07 bits per heavy atom. The number of halogens is 3.